The standard InChI is InChI=1S/C13H12ClN3O2/c14-9-3-1-8(2-4-9)7-16-12-10(15)5-6-11(17-12)13(18)19/h1-6H,7,15H2,(H,16,17)(H,18,19). The Kier molecular flexibility index (Phi) is 3.87. The van der Waals surface area contributed by atoms with Crippen molar-refractivity contribution in [2.24, 2.45) is 0 Å². The van der Waals surface area contributed by atoms with Gasteiger partial charge in [0, 0.05) is 11.6 Å². The maximum Gasteiger partial charge on any atom is 0.354 e. The van der Waals surface area contributed by atoms with Crippen LogP contribution in [0.2, 0.25) is 5.02 Å². The van der Waals surface area contributed by atoms with Crippen LogP contribution in [0.4, 0.5) is 11.5 Å². The molecule has 98 valence electrons. The van der Waals surface area contributed by atoms with Gasteiger partial charge in [-0.05, 0) is 29.8 Å². The molecule has 0 radical (unpaired) electrons. The van der Waals surface area contributed by atoms with Gasteiger partial charge in [0.25, 0.3) is 0 Å². The minimum absolute atomic E-state index is 0.0483. The van der Waals surface area contributed by atoms with E-state index in [1.54, 1.807) is 12.1 Å². The fourth-order valence-corrected chi connectivity index (χ4v) is 1.64. The van der Waals surface area contributed by atoms with Crippen molar-refractivity contribution in [1.82, 2.24) is 4.98 Å². The van der Waals surface area contributed by atoms with Crippen LogP contribution in [-0.4, -0.2) is 16.1 Å². The van der Waals surface area contributed by atoms with Crippen LogP contribution in [0, 0.1) is 0 Å². The van der Waals surface area contributed by atoms with Gasteiger partial charge < -0.3 is 16.2 Å². The van der Waals surface area contributed by atoms with E-state index in [0.29, 0.717) is 23.1 Å². The first kappa shape index (κ1) is 13.2. The van der Waals surface area contributed by atoms with Crippen molar-refractivity contribution in [3.63, 3.8) is 0 Å². The Morgan fingerprint density at radius 3 is 2.58 bits per heavy atom. The zero-order valence-electron chi connectivity index (χ0n) is 9.93. The number of nitrogens with two attached hydrogens (primary N) is 1. The van der Waals surface area contributed by atoms with Gasteiger partial charge in [-0.3, -0.25) is 0 Å². The summed E-state index contributed by atoms with van der Waals surface area (Å²) in [6, 6.07) is 10.2. The van der Waals surface area contributed by atoms with Crippen LogP contribution >= 0.6 is 11.6 Å². The highest BCUT2D eigenvalue weighted by molar-refractivity contribution is 6.30. The molecule has 1 aromatic heterocycles. The first-order chi connectivity index (χ1) is 9.06. The number of benzene rings is 1. The smallest absolute Gasteiger partial charge is 0.354 e. The highest BCUT2D eigenvalue weighted by Crippen LogP contribution is 2.17. The number of carboxylic acids is 1. The van der Waals surface area contributed by atoms with Gasteiger partial charge in [-0.25, -0.2) is 9.78 Å². The molecule has 2 rings (SSSR count). The minimum atomic E-state index is -1.09. The Bertz CT molecular complexity index is 599. The van der Waals surface area contributed by atoms with Crippen molar-refractivity contribution < 1.29 is 9.90 Å². The molecule has 0 atom stereocenters. The topological polar surface area (TPSA) is 88.2 Å². The van der Waals surface area contributed by atoms with Gasteiger partial charge in [-0.15, -0.1) is 0 Å². The number of pyridine rings is 1. The zero-order valence-corrected chi connectivity index (χ0v) is 10.7. The Labute approximate surface area is 115 Å². The number of hydrogen-bond acceptors (Lipinski definition) is 4. The molecule has 0 spiro atoms. The van der Waals surface area contributed by atoms with Gasteiger partial charge in [0.15, 0.2) is 5.69 Å². The van der Waals surface area contributed by atoms with Gasteiger partial charge in [0.1, 0.15) is 5.82 Å². The summed E-state index contributed by atoms with van der Waals surface area (Å²) in [5.41, 5.74) is 7.08. The van der Waals surface area contributed by atoms with E-state index >= 15 is 0 Å². The average molecular weight is 278 g/mol. The van der Waals surface area contributed by atoms with Crippen LogP contribution in [0.1, 0.15) is 16.1 Å². The Morgan fingerprint density at radius 2 is 1.95 bits per heavy atom. The third-order valence-corrected chi connectivity index (χ3v) is 2.77. The molecule has 0 saturated carbocycles. The van der Waals surface area contributed by atoms with Crippen LogP contribution in [0.5, 0.6) is 0 Å². The summed E-state index contributed by atoms with van der Waals surface area (Å²) in [5.74, 6) is -0.732. The molecule has 2 aromatic rings. The Morgan fingerprint density at radius 1 is 1.26 bits per heavy atom. The molecule has 0 saturated heterocycles. The van der Waals surface area contributed by atoms with Gasteiger partial charge in [-0.1, -0.05) is 23.7 Å². The van der Waals surface area contributed by atoms with Crippen molar-refractivity contribution in [1.29, 1.82) is 0 Å². The first-order valence-corrected chi connectivity index (χ1v) is 5.92. The number of aromatic carboxylic acids is 1. The Balaban J connectivity index is 2.12. The SMILES string of the molecule is Nc1ccc(C(=O)O)nc1NCc1ccc(Cl)cc1. The molecule has 0 aliphatic carbocycles. The summed E-state index contributed by atoms with van der Waals surface area (Å²) in [5, 5.41) is 12.5. The molecule has 0 bridgehead atoms. The van der Waals surface area contributed by atoms with E-state index in [9.17, 15) is 4.79 Å². The summed E-state index contributed by atoms with van der Waals surface area (Å²) >= 11 is 5.79. The lowest BCUT2D eigenvalue weighted by Crippen LogP contribution is -2.08. The van der Waals surface area contributed by atoms with Crippen LogP contribution in [0.15, 0.2) is 36.4 Å². The lowest BCUT2D eigenvalue weighted by atomic mass is 10.2. The van der Waals surface area contributed by atoms with E-state index in [1.807, 2.05) is 12.1 Å². The van der Waals surface area contributed by atoms with Crippen LogP contribution in [0.3, 0.4) is 0 Å². The summed E-state index contributed by atoms with van der Waals surface area (Å²) in [7, 11) is 0. The maximum atomic E-state index is 10.8. The van der Waals surface area contributed by atoms with Gasteiger partial charge in [-0.2, -0.15) is 0 Å². The molecule has 5 nitrogen and oxygen atoms in total. The summed E-state index contributed by atoms with van der Waals surface area (Å²) in [6.45, 7) is 0.484. The highest BCUT2D eigenvalue weighted by Gasteiger charge is 2.08. The lowest BCUT2D eigenvalue weighted by Gasteiger charge is -2.09. The molecule has 0 aliphatic heterocycles. The highest BCUT2D eigenvalue weighted by atomic mass is 35.5. The number of rotatable bonds is 4. The summed E-state index contributed by atoms with van der Waals surface area (Å²) in [6.07, 6.45) is 0. The quantitative estimate of drug-likeness (QED) is 0.799. The second kappa shape index (κ2) is 5.58. The lowest BCUT2D eigenvalue weighted by molar-refractivity contribution is 0.0690. The molecule has 6 heteroatoms. The molecule has 0 aliphatic rings. The average Bonchev–Trinajstić information content (AvgIpc) is 2.39. The van der Waals surface area contributed by atoms with Crippen molar-refractivity contribution in [2.75, 3.05) is 11.1 Å². The van der Waals surface area contributed by atoms with Crippen molar-refractivity contribution in [3.8, 4) is 0 Å². The number of nitrogens with zero attached hydrogens (tertiary/aromatic N) is 1. The van der Waals surface area contributed by atoms with Gasteiger partial charge >= 0.3 is 5.97 Å². The summed E-state index contributed by atoms with van der Waals surface area (Å²) in [4.78, 5) is 14.8. The maximum absolute atomic E-state index is 10.8. The zero-order chi connectivity index (χ0) is 13.8. The monoisotopic (exact) mass is 277 g/mol. The van der Waals surface area contributed by atoms with E-state index in [0.717, 1.165) is 5.56 Å². The van der Waals surface area contributed by atoms with E-state index in [2.05, 4.69) is 10.3 Å². The predicted octanol–water partition coefficient (Wildman–Crippen LogP) is 2.63. The third-order valence-electron chi connectivity index (χ3n) is 2.52. The van der Waals surface area contributed by atoms with E-state index in [-0.39, 0.29) is 5.69 Å². The van der Waals surface area contributed by atoms with Gasteiger partial charge in [0.05, 0.1) is 5.69 Å². The number of anilines is 2. The number of carbonyl (C=O) groups is 1. The molecule has 0 unspecified atom stereocenters. The Hall–Kier alpha value is -2.27. The van der Waals surface area contributed by atoms with Crippen molar-refractivity contribution in [3.05, 3.63) is 52.7 Å². The molecule has 0 fully saturated rings. The van der Waals surface area contributed by atoms with Gasteiger partial charge in [0.2, 0.25) is 0 Å². The summed E-state index contributed by atoms with van der Waals surface area (Å²) < 4.78 is 0. The molecule has 1 heterocycles. The fraction of sp³-hybridized carbons (Fsp3) is 0.0769. The number of hydrogen-bond donors (Lipinski definition) is 3. The third kappa shape index (κ3) is 3.35. The molecule has 1 aromatic carbocycles. The van der Waals surface area contributed by atoms with E-state index in [4.69, 9.17) is 22.4 Å². The largest absolute Gasteiger partial charge is 0.477 e. The number of nitrogens with one attached hydrogen (secondary N) is 1. The van der Waals surface area contributed by atoms with Crippen molar-refractivity contribution >= 4 is 29.1 Å². The first-order valence-electron chi connectivity index (χ1n) is 5.54. The number of carboxylic acid groups (broad SMARTS) is 1. The normalized spacial score (nSPS) is 10.2. The molecule has 0 amide bonds. The molecular weight excluding hydrogens is 266 g/mol. The minimum Gasteiger partial charge on any atom is -0.477 e. The number of halogens is 1. The fourth-order valence-electron chi connectivity index (χ4n) is 1.52. The predicted molar refractivity (Wildman–Crippen MR) is 74.4 cm³/mol. The number of aromatic nitrogens is 1. The van der Waals surface area contributed by atoms with E-state index < -0.39 is 5.97 Å². The van der Waals surface area contributed by atoms with Crippen LogP contribution in [0.25, 0.3) is 0 Å². The second-order valence-corrected chi connectivity index (χ2v) is 4.36. The second-order valence-electron chi connectivity index (χ2n) is 3.92. The van der Waals surface area contributed by atoms with E-state index in [1.165, 1.54) is 12.1 Å². The molecular formula is C13H12ClN3O2. The molecule has 4 N–H and O–H groups in total. The van der Waals surface area contributed by atoms with Crippen molar-refractivity contribution in [2.45, 2.75) is 6.54 Å². The van der Waals surface area contributed by atoms with Crippen LogP contribution < -0.4 is 11.1 Å². The van der Waals surface area contributed by atoms with Crippen LogP contribution in [-0.2, 0) is 6.54 Å². The molecule has 19 heavy (non-hydrogen) atoms. The number of nitrogen functional groups attached to an aromatic ring is 1.